The van der Waals surface area contributed by atoms with Gasteiger partial charge in [-0.3, -0.25) is 4.79 Å². The van der Waals surface area contributed by atoms with Crippen LogP contribution in [0.4, 0.5) is 5.82 Å². The van der Waals surface area contributed by atoms with Gasteiger partial charge in [0.1, 0.15) is 11.8 Å². The van der Waals surface area contributed by atoms with E-state index in [2.05, 4.69) is 30.6 Å². The first-order chi connectivity index (χ1) is 8.96. The highest BCUT2D eigenvalue weighted by atomic mass is 16.1. The lowest BCUT2D eigenvalue weighted by molar-refractivity contribution is -0.122. The summed E-state index contributed by atoms with van der Waals surface area (Å²) >= 11 is 0. The number of carbonyl (C=O) groups is 1. The monoisotopic (exact) mass is 262 g/mol. The summed E-state index contributed by atoms with van der Waals surface area (Å²) in [5.74, 6) is 0.668. The van der Waals surface area contributed by atoms with Crippen molar-refractivity contribution in [2.45, 2.75) is 32.7 Å². The standard InChI is InChI=1S/C12H18N6O/c1-12(2,3)18-8(19)4-5-13-10-9-11(15-6-14-9)17-7-16-10/h6-7H,4-5H2,1-3H3,(H,18,19)(H2,13,14,15,16,17). The minimum absolute atomic E-state index is 0.00918. The summed E-state index contributed by atoms with van der Waals surface area (Å²) in [6.07, 6.45) is 3.40. The fraction of sp³-hybridized carbons (Fsp3) is 0.500. The maximum atomic E-state index is 11.7. The third-order valence-corrected chi connectivity index (χ3v) is 2.38. The Morgan fingerprint density at radius 3 is 2.84 bits per heavy atom. The summed E-state index contributed by atoms with van der Waals surface area (Å²) in [5, 5.41) is 6.01. The molecule has 0 aliphatic rings. The van der Waals surface area contributed by atoms with E-state index in [1.807, 2.05) is 20.8 Å². The fourth-order valence-electron chi connectivity index (χ4n) is 1.67. The molecular formula is C12H18N6O. The first-order valence-corrected chi connectivity index (χ1v) is 6.15. The summed E-state index contributed by atoms with van der Waals surface area (Å²) < 4.78 is 0. The van der Waals surface area contributed by atoms with Crippen LogP contribution in [-0.2, 0) is 4.79 Å². The van der Waals surface area contributed by atoms with E-state index in [9.17, 15) is 4.79 Å². The first kappa shape index (κ1) is 13.3. The van der Waals surface area contributed by atoms with Gasteiger partial charge >= 0.3 is 0 Å². The lowest BCUT2D eigenvalue weighted by Gasteiger charge is -2.20. The maximum Gasteiger partial charge on any atom is 0.222 e. The molecule has 2 aromatic heterocycles. The molecule has 0 fully saturated rings. The molecule has 19 heavy (non-hydrogen) atoms. The normalized spacial score (nSPS) is 11.5. The molecule has 0 bridgehead atoms. The van der Waals surface area contributed by atoms with Crippen LogP contribution in [0, 0.1) is 0 Å². The Balaban J connectivity index is 1.89. The van der Waals surface area contributed by atoms with Crippen LogP contribution in [0.1, 0.15) is 27.2 Å². The molecular weight excluding hydrogens is 244 g/mol. The van der Waals surface area contributed by atoms with Gasteiger partial charge in [-0.1, -0.05) is 0 Å². The number of hydrogen-bond donors (Lipinski definition) is 3. The number of H-pyrrole nitrogens is 1. The van der Waals surface area contributed by atoms with Gasteiger partial charge in [-0.05, 0) is 20.8 Å². The van der Waals surface area contributed by atoms with Gasteiger partial charge in [0, 0.05) is 18.5 Å². The maximum absolute atomic E-state index is 11.7. The molecule has 0 radical (unpaired) electrons. The quantitative estimate of drug-likeness (QED) is 0.766. The third-order valence-electron chi connectivity index (χ3n) is 2.38. The fourth-order valence-corrected chi connectivity index (χ4v) is 1.67. The molecule has 2 heterocycles. The molecule has 0 spiro atoms. The summed E-state index contributed by atoms with van der Waals surface area (Å²) in [7, 11) is 0. The highest BCUT2D eigenvalue weighted by Crippen LogP contribution is 2.13. The van der Waals surface area contributed by atoms with Gasteiger partial charge in [-0.15, -0.1) is 0 Å². The summed E-state index contributed by atoms with van der Waals surface area (Å²) in [6.45, 7) is 6.37. The average Bonchev–Trinajstić information content (AvgIpc) is 2.75. The number of nitrogens with one attached hydrogen (secondary N) is 3. The molecule has 2 aromatic rings. The smallest absolute Gasteiger partial charge is 0.222 e. The van der Waals surface area contributed by atoms with Crippen LogP contribution in [0.2, 0.25) is 0 Å². The minimum Gasteiger partial charge on any atom is -0.368 e. The van der Waals surface area contributed by atoms with Crippen LogP contribution in [-0.4, -0.2) is 37.9 Å². The molecule has 0 unspecified atom stereocenters. The molecule has 0 atom stereocenters. The number of amides is 1. The first-order valence-electron chi connectivity index (χ1n) is 6.15. The van der Waals surface area contributed by atoms with Crippen molar-refractivity contribution in [3.63, 3.8) is 0 Å². The molecule has 0 aliphatic heterocycles. The molecule has 2 rings (SSSR count). The van der Waals surface area contributed by atoms with Gasteiger partial charge in [-0.25, -0.2) is 15.0 Å². The molecule has 102 valence electrons. The Labute approximate surface area is 111 Å². The van der Waals surface area contributed by atoms with Crippen LogP contribution in [0.5, 0.6) is 0 Å². The Kier molecular flexibility index (Phi) is 3.64. The van der Waals surface area contributed by atoms with Crippen molar-refractivity contribution >= 4 is 22.9 Å². The zero-order valence-corrected chi connectivity index (χ0v) is 11.3. The molecule has 1 amide bonds. The predicted molar refractivity (Wildman–Crippen MR) is 72.7 cm³/mol. The van der Waals surface area contributed by atoms with Crippen molar-refractivity contribution in [1.29, 1.82) is 0 Å². The summed E-state index contributed by atoms with van der Waals surface area (Å²) in [5.41, 5.74) is 1.15. The molecule has 0 saturated carbocycles. The van der Waals surface area contributed by atoms with Gasteiger partial charge in [0.15, 0.2) is 11.5 Å². The van der Waals surface area contributed by atoms with E-state index in [1.165, 1.54) is 6.33 Å². The summed E-state index contributed by atoms with van der Waals surface area (Å²) in [6, 6.07) is 0. The van der Waals surface area contributed by atoms with Crippen LogP contribution < -0.4 is 10.6 Å². The van der Waals surface area contributed by atoms with E-state index >= 15 is 0 Å². The second-order valence-corrected chi connectivity index (χ2v) is 5.30. The van der Waals surface area contributed by atoms with Crippen molar-refractivity contribution in [3.8, 4) is 0 Å². The Bertz CT molecular complexity index is 571. The Morgan fingerprint density at radius 1 is 1.32 bits per heavy atom. The van der Waals surface area contributed by atoms with Crippen molar-refractivity contribution < 1.29 is 4.79 Å². The number of fused-ring (bicyclic) bond motifs is 1. The van der Waals surface area contributed by atoms with Gasteiger partial charge in [0.2, 0.25) is 5.91 Å². The van der Waals surface area contributed by atoms with Crippen LogP contribution >= 0.6 is 0 Å². The minimum atomic E-state index is -0.206. The largest absolute Gasteiger partial charge is 0.368 e. The Hall–Kier alpha value is -2.18. The van der Waals surface area contributed by atoms with Crippen molar-refractivity contribution in [3.05, 3.63) is 12.7 Å². The number of aromatic amines is 1. The van der Waals surface area contributed by atoms with Gasteiger partial charge in [-0.2, -0.15) is 0 Å². The second-order valence-electron chi connectivity index (χ2n) is 5.30. The highest BCUT2D eigenvalue weighted by molar-refractivity contribution is 5.82. The van der Waals surface area contributed by atoms with E-state index in [4.69, 9.17) is 0 Å². The number of imidazole rings is 1. The van der Waals surface area contributed by atoms with E-state index in [0.29, 0.717) is 24.4 Å². The van der Waals surface area contributed by atoms with Crippen LogP contribution in [0.25, 0.3) is 11.2 Å². The summed E-state index contributed by atoms with van der Waals surface area (Å²) in [4.78, 5) is 26.8. The lowest BCUT2D eigenvalue weighted by atomic mass is 10.1. The van der Waals surface area contributed by atoms with Gasteiger partial charge < -0.3 is 15.6 Å². The van der Waals surface area contributed by atoms with E-state index in [-0.39, 0.29) is 11.4 Å². The molecule has 0 saturated heterocycles. The van der Waals surface area contributed by atoms with E-state index in [0.717, 1.165) is 5.52 Å². The van der Waals surface area contributed by atoms with E-state index in [1.54, 1.807) is 6.33 Å². The zero-order valence-electron chi connectivity index (χ0n) is 11.3. The van der Waals surface area contributed by atoms with E-state index < -0.39 is 0 Å². The van der Waals surface area contributed by atoms with Gasteiger partial charge in [0.05, 0.1) is 6.33 Å². The molecule has 7 heteroatoms. The number of carbonyl (C=O) groups excluding carboxylic acids is 1. The average molecular weight is 262 g/mol. The molecule has 0 aliphatic carbocycles. The van der Waals surface area contributed by atoms with Crippen molar-refractivity contribution in [2.24, 2.45) is 0 Å². The van der Waals surface area contributed by atoms with Gasteiger partial charge in [0.25, 0.3) is 0 Å². The number of nitrogens with zero attached hydrogens (tertiary/aromatic N) is 3. The van der Waals surface area contributed by atoms with Crippen molar-refractivity contribution in [1.82, 2.24) is 25.3 Å². The van der Waals surface area contributed by atoms with Crippen LogP contribution in [0.15, 0.2) is 12.7 Å². The third kappa shape index (κ3) is 3.64. The Morgan fingerprint density at radius 2 is 2.11 bits per heavy atom. The number of hydrogen-bond acceptors (Lipinski definition) is 5. The number of anilines is 1. The number of aromatic nitrogens is 4. The molecule has 0 aromatic carbocycles. The molecule has 3 N–H and O–H groups in total. The highest BCUT2D eigenvalue weighted by Gasteiger charge is 2.13. The van der Waals surface area contributed by atoms with Crippen LogP contribution in [0.3, 0.4) is 0 Å². The van der Waals surface area contributed by atoms with Crippen molar-refractivity contribution in [2.75, 3.05) is 11.9 Å². The second kappa shape index (κ2) is 5.21. The zero-order chi connectivity index (χ0) is 13.9. The number of rotatable bonds is 4. The molecule has 7 nitrogen and oxygen atoms in total. The SMILES string of the molecule is CC(C)(C)NC(=O)CCNc1ncnc2nc[nH]c12. The lowest BCUT2D eigenvalue weighted by Crippen LogP contribution is -2.41. The predicted octanol–water partition coefficient (Wildman–Crippen LogP) is 1.07. The topological polar surface area (TPSA) is 95.6 Å².